The number of urea groups is 1. The largest absolute Gasteiger partial charge is 0.489 e. The van der Waals surface area contributed by atoms with Gasteiger partial charge >= 0.3 is 6.03 Å². The number of benzene rings is 4. The van der Waals surface area contributed by atoms with Crippen LogP contribution >= 0.6 is 0 Å². The molecule has 2 heterocycles. The lowest BCUT2D eigenvalue weighted by Gasteiger charge is -2.25. The summed E-state index contributed by atoms with van der Waals surface area (Å²) in [6.45, 7) is 3.90. The third-order valence-corrected chi connectivity index (χ3v) is 7.61. The van der Waals surface area contributed by atoms with Crippen LogP contribution in [0.4, 0.5) is 4.79 Å². The van der Waals surface area contributed by atoms with Crippen LogP contribution in [0.25, 0.3) is 10.8 Å². The van der Waals surface area contributed by atoms with E-state index in [0.717, 1.165) is 48.7 Å². The van der Waals surface area contributed by atoms with Crippen LogP contribution in [0.15, 0.2) is 120 Å². The van der Waals surface area contributed by atoms with Gasteiger partial charge in [0.1, 0.15) is 18.1 Å². The highest BCUT2D eigenvalue weighted by atomic mass is 16.5. The van der Waals surface area contributed by atoms with Gasteiger partial charge in [-0.25, -0.2) is 4.79 Å². The molecule has 1 fully saturated rings. The van der Waals surface area contributed by atoms with Crippen molar-refractivity contribution in [2.24, 2.45) is 0 Å². The Hall–Kier alpha value is -4.55. The van der Waals surface area contributed by atoms with Crippen molar-refractivity contribution in [2.45, 2.75) is 38.7 Å². The third-order valence-electron chi connectivity index (χ3n) is 7.61. The Morgan fingerprint density at radius 1 is 0.854 bits per heavy atom. The van der Waals surface area contributed by atoms with Gasteiger partial charge in [-0.15, -0.1) is 0 Å². The van der Waals surface area contributed by atoms with E-state index in [2.05, 4.69) is 52.7 Å². The maximum atomic E-state index is 13.6. The summed E-state index contributed by atoms with van der Waals surface area (Å²) in [5, 5.41) is 5.81. The van der Waals surface area contributed by atoms with Gasteiger partial charge in [-0.3, -0.25) is 4.90 Å². The predicted molar refractivity (Wildman–Crippen MR) is 161 cm³/mol. The molecule has 0 spiro atoms. The fraction of sp³-hybridized carbons (Fsp3) is 0.229. The van der Waals surface area contributed by atoms with Crippen LogP contribution in [0.5, 0.6) is 5.75 Å². The number of ether oxygens (including phenoxy) is 1. The van der Waals surface area contributed by atoms with Gasteiger partial charge in [0.25, 0.3) is 0 Å². The van der Waals surface area contributed by atoms with E-state index < -0.39 is 0 Å². The molecule has 6 rings (SSSR count). The summed E-state index contributed by atoms with van der Waals surface area (Å²) in [6.07, 6.45) is 2.56. The first-order valence-corrected chi connectivity index (χ1v) is 14.2. The first kappa shape index (κ1) is 26.7. The molecule has 2 amide bonds. The molecular formula is C35H35N3O3. The van der Waals surface area contributed by atoms with Crippen LogP contribution < -0.4 is 10.1 Å². The summed E-state index contributed by atoms with van der Waals surface area (Å²) in [4.78, 5) is 17.9. The molecule has 0 saturated carbocycles. The number of amides is 2. The van der Waals surface area contributed by atoms with Crippen molar-refractivity contribution in [1.82, 2.24) is 15.1 Å². The zero-order valence-corrected chi connectivity index (χ0v) is 23.1. The zero-order chi connectivity index (χ0) is 27.9. The van der Waals surface area contributed by atoms with Gasteiger partial charge < -0.3 is 19.4 Å². The second kappa shape index (κ2) is 12.7. The van der Waals surface area contributed by atoms with Gasteiger partial charge in [0.2, 0.25) is 0 Å². The topological polar surface area (TPSA) is 58.0 Å². The molecular weight excluding hydrogens is 510 g/mol. The molecule has 1 aliphatic rings. The van der Waals surface area contributed by atoms with Crippen molar-refractivity contribution in [3.8, 4) is 5.75 Å². The standard InChI is InChI=1S/C35H35N3O3/c39-35(36-32-18-19-37(24-32)22-28-16-17-29-11-4-5-12-30(29)21-28)38(25-33-14-8-20-40-33)23-31-13-6-7-15-34(31)41-26-27-9-2-1-3-10-27/h1-17,20-21,32H,18-19,22-26H2,(H,36,39). The lowest BCUT2D eigenvalue weighted by molar-refractivity contribution is 0.181. The molecule has 4 aromatic carbocycles. The first-order chi connectivity index (χ1) is 20.2. The predicted octanol–water partition coefficient (Wildman–Crippen LogP) is 7.00. The Kier molecular flexibility index (Phi) is 8.29. The summed E-state index contributed by atoms with van der Waals surface area (Å²) < 4.78 is 11.8. The summed E-state index contributed by atoms with van der Waals surface area (Å²) >= 11 is 0. The van der Waals surface area contributed by atoms with Gasteiger partial charge in [0.15, 0.2) is 0 Å². The molecule has 1 saturated heterocycles. The van der Waals surface area contributed by atoms with Crippen LogP contribution in [0.1, 0.15) is 28.9 Å². The van der Waals surface area contributed by atoms with E-state index in [4.69, 9.17) is 9.15 Å². The molecule has 41 heavy (non-hydrogen) atoms. The smallest absolute Gasteiger partial charge is 0.318 e. The van der Waals surface area contributed by atoms with Gasteiger partial charge in [-0.05, 0) is 52.6 Å². The Labute approximate surface area is 241 Å². The lowest BCUT2D eigenvalue weighted by Crippen LogP contribution is -2.45. The van der Waals surface area contributed by atoms with Gasteiger partial charge in [-0.2, -0.15) is 0 Å². The summed E-state index contributed by atoms with van der Waals surface area (Å²) in [5.74, 6) is 1.52. The molecule has 1 atom stereocenters. The zero-order valence-electron chi connectivity index (χ0n) is 23.1. The number of hydrogen-bond donors (Lipinski definition) is 1. The highest BCUT2D eigenvalue weighted by Crippen LogP contribution is 2.23. The number of rotatable bonds is 10. The molecule has 0 aliphatic carbocycles. The Morgan fingerprint density at radius 2 is 1.66 bits per heavy atom. The summed E-state index contributed by atoms with van der Waals surface area (Å²) in [5.41, 5.74) is 3.35. The first-order valence-electron chi connectivity index (χ1n) is 14.2. The maximum absolute atomic E-state index is 13.6. The minimum absolute atomic E-state index is 0.0895. The SMILES string of the molecule is O=C(NC1CCN(Cc2ccc3ccccc3c2)C1)N(Cc1ccco1)Cc1ccccc1OCc1ccccc1. The second-order valence-corrected chi connectivity index (χ2v) is 10.7. The minimum Gasteiger partial charge on any atom is -0.489 e. The average molecular weight is 546 g/mol. The number of nitrogens with zero attached hydrogens (tertiary/aromatic N) is 2. The van der Waals surface area contributed by atoms with E-state index >= 15 is 0 Å². The van der Waals surface area contributed by atoms with E-state index in [-0.39, 0.29) is 12.1 Å². The highest BCUT2D eigenvalue weighted by molar-refractivity contribution is 5.83. The monoisotopic (exact) mass is 545 g/mol. The van der Waals surface area contributed by atoms with Crippen LogP contribution in [0.3, 0.4) is 0 Å². The van der Waals surface area contributed by atoms with Crippen LogP contribution in [-0.4, -0.2) is 35.0 Å². The molecule has 208 valence electrons. The Balaban J connectivity index is 1.10. The van der Waals surface area contributed by atoms with Crippen molar-refractivity contribution in [3.05, 3.63) is 138 Å². The Bertz CT molecular complexity index is 1570. The van der Waals surface area contributed by atoms with Gasteiger partial charge in [0, 0.05) is 31.2 Å². The molecule has 0 radical (unpaired) electrons. The van der Waals surface area contributed by atoms with Crippen molar-refractivity contribution >= 4 is 16.8 Å². The average Bonchev–Trinajstić information content (AvgIpc) is 3.69. The number of hydrogen-bond acceptors (Lipinski definition) is 4. The fourth-order valence-electron chi connectivity index (χ4n) is 5.46. The number of fused-ring (bicyclic) bond motifs is 1. The minimum atomic E-state index is -0.100. The number of nitrogens with one attached hydrogen (secondary N) is 1. The molecule has 1 unspecified atom stereocenters. The normalized spacial score (nSPS) is 15.2. The van der Waals surface area contributed by atoms with Gasteiger partial charge in [0.05, 0.1) is 19.4 Å². The molecule has 0 bridgehead atoms. The second-order valence-electron chi connectivity index (χ2n) is 10.7. The number of para-hydroxylation sites is 1. The fourth-order valence-corrected chi connectivity index (χ4v) is 5.46. The van der Waals surface area contributed by atoms with Crippen LogP contribution in [0.2, 0.25) is 0 Å². The Morgan fingerprint density at radius 3 is 2.51 bits per heavy atom. The van der Waals surface area contributed by atoms with Crippen molar-refractivity contribution in [3.63, 3.8) is 0 Å². The molecule has 1 aromatic heterocycles. The van der Waals surface area contributed by atoms with E-state index in [1.165, 1.54) is 16.3 Å². The van der Waals surface area contributed by atoms with E-state index in [0.29, 0.717) is 19.7 Å². The molecule has 6 nitrogen and oxygen atoms in total. The van der Waals surface area contributed by atoms with E-state index in [1.54, 1.807) is 11.2 Å². The molecule has 5 aromatic rings. The van der Waals surface area contributed by atoms with Gasteiger partial charge in [-0.1, -0.05) is 84.9 Å². The van der Waals surface area contributed by atoms with E-state index in [9.17, 15) is 4.79 Å². The molecule has 1 aliphatic heterocycles. The van der Waals surface area contributed by atoms with Crippen LogP contribution in [-0.2, 0) is 26.2 Å². The summed E-state index contributed by atoms with van der Waals surface area (Å²) in [7, 11) is 0. The molecule has 1 N–H and O–H groups in total. The maximum Gasteiger partial charge on any atom is 0.318 e. The van der Waals surface area contributed by atoms with Crippen molar-refractivity contribution in [2.75, 3.05) is 13.1 Å². The number of furan rings is 1. The number of likely N-dealkylation sites (tertiary alicyclic amines) is 1. The number of carbonyl (C=O) groups is 1. The number of carbonyl (C=O) groups excluding carboxylic acids is 1. The quantitative estimate of drug-likeness (QED) is 0.205. The lowest BCUT2D eigenvalue weighted by atomic mass is 10.1. The highest BCUT2D eigenvalue weighted by Gasteiger charge is 2.27. The summed E-state index contributed by atoms with van der Waals surface area (Å²) in [6, 6.07) is 36.9. The molecule has 6 heteroatoms. The van der Waals surface area contributed by atoms with Crippen LogP contribution in [0, 0.1) is 0 Å². The third kappa shape index (κ3) is 6.97. The van der Waals surface area contributed by atoms with Crippen molar-refractivity contribution < 1.29 is 13.9 Å². The van der Waals surface area contributed by atoms with E-state index in [1.807, 2.05) is 66.7 Å². The van der Waals surface area contributed by atoms with Crippen molar-refractivity contribution in [1.29, 1.82) is 0 Å².